The number of benzene rings is 2. The molecule has 1 atom stereocenters. The SMILES string of the molecule is Cc1ccccc1.Cc1coc(C2CCCN2C)n1.O=Cc1cncc(C(=O)NCCCNCc2cccc(C(F)(F)F)c2)c1. The molecule has 0 radical (unpaired) electrons. The summed E-state index contributed by atoms with van der Waals surface area (Å²) in [5, 5.41) is 5.73. The molecule has 4 aromatic rings. The van der Waals surface area contributed by atoms with E-state index in [-0.39, 0.29) is 5.91 Å². The molecule has 1 aliphatic rings. The molecule has 240 valence electrons. The third-order valence-electron chi connectivity index (χ3n) is 6.94. The Morgan fingerprint density at radius 1 is 1.07 bits per heavy atom. The molecule has 0 spiro atoms. The summed E-state index contributed by atoms with van der Waals surface area (Å²) in [4.78, 5) is 33.0. The molecule has 1 fully saturated rings. The molecule has 1 saturated heterocycles. The van der Waals surface area contributed by atoms with Gasteiger partial charge < -0.3 is 15.1 Å². The highest BCUT2D eigenvalue weighted by molar-refractivity contribution is 5.95. The van der Waals surface area contributed by atoms with E-state index in [1.54, 1.807) is 12.3 Å². The standard InChI is InChI=1S/C18H18F3N3O2.C9H14N2O.C7H8/c19-18(20,21)16-4-1-3-13(8-16)9-22-5-2-6-24-17(26)15-7-14(12-25)10-23-11-15;1-7-6-12-9(10-7)8-4-3-5-11(8)2;1-7-5-3-2-4-6-7/h1,3-4,7-8,10-12,22H,2,5-6,9H2,(H,24,26);6,8H,3-5H2,1-2H3;2-6H,1H3. The second kappa shape index (κ2) is 17.8. The number of nitrogens with one attached hydrogen (secondary N) is 2. The van der Waals surface area contributed by atoms with Crippen LogP contribution in [0.1, 0.15) is 74.3 Å². The summed E-state index contributed by atoms with van der Waals surface area (Å²) in [6.45, 7) is 6.43. The van der Waals surface area contributed by atoms with E-state index in [1.807, 2.05) is 25.1 Å². The zero-order valence-electron chi connectivity index (χ0n) is 25.8. The van der Waals surface area contributed by atoms with Crippen molar-refractivity contribution in [2.24, 2.45) is 0 Å². The molecule has 45 heavy (non-hydrogen) atoms. The number of hydrogen-bond donors (Lipinski definition) is 2. The summed E-state index contributed by atoms with van der Waals surface area (Å²) >= 11 is 0. The number of aryl methyl sites for hydroxylation is 2. The Morgan fingerprint density at radius 3 is 2.44 bits per heavy atom. The maximum absolute atomic E-state index is 12.6. The minimum Gasteiger partial charge on any atom is -0.447 e. The van der Waals surface area contributed by atoms with Crippen molar-refractivity contribution in [1.82, 2.24) is 25.5 Å². The van der Waals surface area contributed by atoms with Crippen LogP contribution < -0.4 is 10.6 Å². The van der Waals surface area contributed by atoms with Crippen molar-refractivity contribution in [1.29, 1.82) is 0 Å². The summed E-state index contributed by atoms with van der Waals surface area (Å²) in [5.74, 6) is 0.548. The summed E-state index contributed by atoms with van der Waals surface area (Å²) in [7, 11) is 2.12. The van der Waals surface area contributed by atoms with Gasteiger partial charge in [-0.3, -0.25) is 19.5 Å². The molecule has 2 N–H and O–H groups in total. The van der Waals surface area contributed by atoms with E-state index in [0.717, 1.165) is 30.3 Å². The van der Waals surface area contributed by atoms with Gasteiger partial charge in [-0.1, -0.05) is 54.1 Å². The number of carbonyl (C=O) groups excluding carboxylic acids is 2. The van der Waals surface area contributed by atoms with Gasteiger partial charge >= 0.3 is 6.18 Å². The summed E-state index contributed by atoms with van der Waals surface area (Å²) < 4.78 is 43.3. The van der Waals surface area contributed by atoms with Gasteiger partial charge in [0.15, 0.2) is 6.29 Å². The van der Waals surface area contributed by atoms with Crippen LogP contribution in [-0.4, -0.2) is 53.7 Å². The first-order valence-corrected chi connectivity index (χ1v) is 14.8. The number of likely N-dealkylation sites (tertiary alicyclic amines) is 1. The lowest BCUT2D eigenvalue weighted by molar-refractivity contribution is -0.137. The number of rotatable bonds is 9. The number of hydrogen-bond acceptors (Lipinski definition) is 7. The highest BCUT2D eigenvalue weighted by atomic mass is 19.4. The number of nitrogens with zero attached hydrogens (tertiary/aromatic N) is 3. The van der Waals surface area contributed by atoms with Crippen molar-refractivity contribution >= 4 is 12.2 Å². The van der Waals surface area contributed by atoms with Crippen molar-refractivity contribution in [3.8, 4) is 0 Å². The van der Waals surface area contributed by atoms with Crippen LogP contribution in [0.3, 0.4) is 0 Å². The van der Waals surface area contributed by atoms with Crippen molar-refractivity contribution < 1.29 is 27.2 Å². The van der Waals surface area contributed by atoms with Gasteiger partial charge in [-0.25, -0.2) is 4.98 Å². The molecule has 2 aromatic carbocycles. The average Bonchev–Trinajstić information content (AvgIpc) is 3.67. The molecule has 2 aromatic heterocycles. The topological polar surface area (TPSA) is 100 Å². The highest BCUT2D eigenvalue weighted by Gasteiger charge is 2.30. The van der Waals surface area contributed by atoms with Gasteiger partial charge in [0.25, 0.3) is 5.91 Å². The fraction of sp³-hybridized carbons (Fsp3) is 0.353. The van der Waals surface area contributed by atoms with Crippen LogP contribution in [0.4, 0.5) is 13.2 Å². The molecular weight excluding hydrogens is 583 g/mol. The largest absolute Gasteiger partial charge is 0.447 e. The monoisotopic (exact) mass is 623 g/mol. The van der Waals surface area contributed by atoms with Crippen LogP contribution in [0, 0.1) is 13.8 Å². The molecule has 0 bridgehead atoms. The van der Waals surface area contributed by atoms with Gasteiger partial charge in [-0.2, -0.15) is 13.2 Å². The van der Waals surface area contributed by atoms with Crippen LogP contribution in [-0.2, 0) is 12.7 Å². The molecule has 3 heterocycles. The first-order valence-electron chi connectivity index (χ1n) is 14.8. The maximum Gasteiger partial charge on any atom is 0.416 e. The number of pyridine rings is 1. The molecule has 1 unspecified atom stereocenters. The normalized spacial score (nSPS) is 14.5. The van der Waals surface area contributed by atoms with E-state index in [1.165, 1.54) is 42.9 Å². The maximum atomic E-state index is 12.6. The Hall–Kier alpha value is -4.35. The number of alkyl halides is 3. The van der Waals surface area contributed by atoms with Crippen molar-refractivity contribution in [3.63, 3.8) is 0 Å². The van der Waals surface area contributed by atoms with E-state index in [9.17, 15) is 22.8 Å². The molecule has 8 nitrogen and oxygen atoms in total. The number of halogens is 3. The fourth-order valence-electron chi connectivity index (χ4n) is 4.54. The van der Waals surface area contributed by atoms with Gasteiger partial charge in [0.2, 0.25) is 5.89 Å². The smallest absolute Gasteiger partial charge is 0.416 e. The Kier molecular flexibility index (Phi) is 13.9. The van der Waals surface area contributed by atoms with Crippen LogP contribution in [0.5, 0.6) is 0 Å². The van der Waals surface area contributed by atoms with Crippen molar-refractivity contribution in [2.45, 2.75) is 51.9 Å². The van der Waals surface area contributed by atoms with E-state index in [4.69, 9.17) is 4.42 Å². The van der Waals surface area contributed by atoms with Crippen LogP contribution in [0.25, 0.3) is 0 Å². The first-order chi connectivity index (χ1) is 21.6. The zero-order valence-corrected chi connectivity index (χ0v) is 25.8. The lowest BCUT2D eigenvalue weighted by Crippen LogP contribution is -2.27. The third kappa shape index (κ3) is 12.3. The zero-order chi connectivity index (χ0) is 32.7. The Bertz CT molecular complexity index is 1480. The van der Waals surface area contributed by atoms with Gasteiger partial charge in [0.1, 0.15) is 6.26 Å². The van der Waals surface area contributed by atoms with E-state index in [0.29, 0.717) is 55.1 Å². The van der Waals surface area contributed by atoms with Gasteiger partial charge in [0, 0.05) is 31.0 Å². The second-order valence-corrected chi connectivity index (χ2v) is 10.7. The number of amides is 1. The predicted molar refractivity (Wildman–Crippen MR) is 167 cm³/mol. The number of aldehydes is 1. The number of aromatic nitrogens is 2. The fourth-order valence-corrected chi connectivity index (χ4v) is 4.54. The van der Waals surface area contributed by atoms with Crippen LogP contribution in [0.2, 0.25) is 0 Å². The second-order valence-electron chi connectivity index (χ2n) is 10.7. The average molecular weight is 624 g/mol. The van der Waals surface area contributed by atoms with E-state index >= 15 is 0 Å². The quantitative estimate of drug-likeness (QED) is 0.161. The lowest BCUT2D eigenvalue weighted by atomic mass is 10.1. The number of oxazole rings is 1. The Morgan fingerprint density at radius 2 is 1.84 bits per heavy atom. The molecular formula is C34H40F3N5O3. The highest BCUT2D eigenvalue weighted by Crippen LogP contribution is 2.30. The van der Waals surface area contributed by atoms with Crippen LogP contribution in [0.15, 0.2) is 83.7 Å². The molecule has 5 rings (SSSR count). The predicted octanol–water partition coefficient (Wildman–Crippen LogP) is 6.57. The molecule has 1 amide bonds. The minimum atomic E-state index is -4.35. The number of carbonyl (C=O) groups is 2. The summed E-state index contributed by atoms with van der Waals surface area (Å²) in [5.41, 5.74) is 2.79. The third-order valence-corrected chi connectivity index (χ3v) is 6.94. The van der Waals surface area contributed by atoms with Gasteiger partial charge in [-0.15, -0.1) is 0 Å². The first kappa shape index (κ1) is 35.1. The van der Waals surface area contributed by atoms with Crippen LogP contribution >= 0.6 is 0 Å². The lowest BCUT2D eigenvalue weighted by Gasteiger charge is -2.14. The molecule has 11 heteroatoms. The van der Waals surface area contributed by atoms with Gasteiger partial charge in [0.05, 0.1) is 22.9 Å². The molecule has 0 saturated carbocycles. The van der Waals surface area contributed by atoms with E-state index < -0.39 is 11.7 Å². The molecule has 0 aliphatic carbocycles. The Labute approximate surface area is 262 Å². The summed E-state index contributed by atoms with van der Waals surface area (Å²) in [6.07, 6.45) is 3.75. The minimum absolute atomic E-state index is 0.298. The van der Waals surface area contributed by atoms with Crippen molar-refractivity contribution in [2.75, 3.05) is 26.7 Å². The molecule has 1 aliphatic heterocycles. The van der Waals surface area contributed by atoms with Gasteiger partial charge in [-0.05, 0) is 70.9 Å². The van der Waals surface area contributed by atoms with Crippen molar-refractivity contribution in [3.05, 3.63) is 119 Å². The summed E-state index contributed by atoms with van der Waals surface area (Å²) in [6, 6.07) is 17.3. The Balaban J connectivity index is 0.000000235. The van der Waals surface area contributed by atoms with E-state index in [2.05, 4.69) is 51.6 Å².